The maximum absolute atomic E-state index is 10.7. The minimum atomic E-state index is -0.456. The highest BCUT2D eigenvalue weighted by molar-refractivity contribution is 5.80. The van der Waals surface area contributed by atoms with Crippen molar-refractivity contribution in [1.82, 2.24) is 9.78 Å². The van der Waals surface area contributed by atoms with E-state index in [0.29, 0.717) is 12.1 Å². The molecule has 1 aromatic carbocycles. The second kappa shape index (κ2) is 4.82. The molecule has 1 heterocycles. The third-order valence-electron chi connectivity index (χ3n) is 2.45. The molecule has 1 aromatic heterocycles. The van der Waals surface area contributed by atoms with Crippen LogP contribution >= 0.6 is 0 Å². The Morgan fingerprint density at radius 3 is 3.00 bits per heavy atom. The van der Waals surface area contributed by atoms with Crippen LogP contribution < -0.4 is 0 Å². The molecule has 0 saturated carbocycles. The summed E-state index contributed by atoms with van der Waals surface area (Å²) in [6.45, 7) is 1.88. The van der Waals surface area contributed by atoms with Crippen molar-refractivity contribution >= 4 is 22.6 Å². The smallest absolute Gasteiger partial charge is 0.302 e. The van der Waals surface area contributed by atoms with E-state index in [1.165, 1.54) is 19.1 Å². The van der Waals surface area contributed by atoms with Gasteiger partial charge in [-0.25, -0.2) is 0 Å². The lowest BCUT2D eigenvalue weighted by atomic mass is 10.2. The van der Waals surface area contributed by atoms with Gasteiger partial charge in [0.15, 0.2) is 0 Å². The van der Waals surface area contributed by atoms with Gasteiger partial charge in [-0.2, -0.15) is 5.10 Å². The molecule has 0 N–H and O–H groups in total. The highest BCUT2D eigenvalue weighted by Crippen LogP contribution is 2.20. The average molecular weight is 249 g/mol. The SMILES string of the molecule is CC(=O)OCCn1ncc2ccc([N+](=O)[O-])cc21. The lowest BCUT2D eigenvalue weighted by Crippen LogP contribution is -2.09. The molecule has 0 unspecified atom stereocenters. The van der Waals surface area contributed by atoms with Crippen LogP contribution in [-0.2, 0) is 16.1 Å². The van der Waals surface area contributed by atoms with E-state index in [1.807, 2.05) is 0 Å². The van der Waals surface area contributed by atoms with Gasteiger partial charge in [-0.05, 0) is 6.07 Å². The molecular weight excluding hydrogens is 238 g/mol. The summed E-state index contributed by atoms with van der Waals surface area (Å²) >= 11 is 0. The molecule has 7 nitrogen and oxygen atoms in total. The number of esters is 1. The molecule has 0 atom stereocenters. The highest BCUT2D eigenvalue weighted by atomic mass is 16.6. The number of benzene rings is 1. The largest absolute Gasteiger partial charge is 0.464 e. The maximum Gasteiger partial charge on any atom is 0.302 e. The van der Waals surface area contributed by atoms with Crippen molar-refractivity contribution in [3.05, 3.63) is 34.5 Å². The van der Waals surface area contributed by atoms with Crippen molar-refractivity contribution < 1.29 is 14.5 Å². The number of nitrogens with zero attached hydrogens (tertiary/aromatic N) is 3. The molecule has 2 rings (SSSR count). The third kappa shape index (κ3) is 2.45. The fourth-order valence-electron chi connectivity index (χ4n) is 1.63. The Labute approximate surface area is 102 Å². The van der Waals surface area contributed by atoms with E-state index in [9.17, 15) is 14.9 Å². The Kier molecular flexibility index (Phi) is 3.22. The normalized spacial score (nSPS) is 10.5. The molecule has 0 saturated heterocycles. The molecule has 7 heteroatoms. The Balaban J connectivity index is 2.25. The van der Waals surface area contributed by atoms with Crippen LogP contribution in [0, 0.1) is 10.1 Å². The van der Waals surface area contributed by atoms with Crippen molar-refractivity contribution in [3.8, 4) is 0 Å². The molecule has 94 valence electrons. The predicted molar refractivity (Wildman–Crippen MR) is 63.0 cm³/mol. The van der Waals surface area contributed by atoms with Gasteiger partial charge in [0.1, 0.15) is 6.61 Å². The van der Waals surface area contributed by atoms with Gasteiger partial charge in [-0.1, -0.05) is 0 Å². The number of rotatable bonds is 4. The van der Waals surface area contributed by atoms with Gasteiger partial charge in [0.2, 0.25) is 0 Å². The van der Waals surface area contributed by atoms with Crippen molar-refractivity contribution in [3.63, 3.8) is 0 Å². The zero-order chi connectivity index (χ0) is 13.1. The average Bonchev–Trinajstić information content (AvgIpc) is 2.71. The van der Waals surface area contributed by atoms with Crippen molar-refractivity contribution in [2.24, 2.45) is 0 Å². The van der Waals surface area contributed by atoms with Crippen LogP contribution in [-0.4, -0.2) is 27.3 Å². The zero-order valence-electron chi connectivity index (χ0n) is 9.70. The van der Waals surface area contributed by atoms with Crippen LogP contribution in [0.15, 0.2) is 24.4 Å². The van der Waals surface area contributed by atoms with E-state index in [-0.39, 0.29) is 18.3 Å². The first-order valence-electron chi connectivity index (χ1n) is 5.31. The summed E-state index contributed by atoms with van der Waals surface area (Å²) in [7, 11) is 0. The number of non-ortho nitro benzene ring substituents is 1. The second-order valence-electron chi connectivity index (χ2n) is 3.71. The molecular formula is C11H11N3O4. The fraction of sp³-hybridized carbons (Fsp3) is 0.273. The van der Waals surface area contributed by atoms with Crippen LogP contribution in [0.5, 0.6) is 0 Å². The standard InChI is InChI=1S/C11H11N3O4/c1-8(15)18-5-4-13-11-6-10(14(16)17)3-2-9(11)7-12-13/h2-3,6-7H,4-5H2,1H3. The molecule has 2 aromatic rings. The van der Waals surface area contributed by atoms with Crippen LogP contribution in [0.4, 0.5) is 5.69 Å². The minimum Gasteiger partial charge on any atom is -0.464 e. The second-order valence-corrected chi connectivity index (χ2v) is 3.71. The van der Waals surface area contributed by atoms with E-state index < -0.39 is 4.92 Å². The molecule has 0 bridgehead atoms. The first kappa shape index (κ1) is 12.0. The summed E-state index contributed by atoms with van der Waals surface area (Å²) in [5.41, 5.74) is 0.660. The van der Waals surface area contributed by atoms with Gasteiger partial charge >= 0.3 is 5.97 Å². The summed E-state index contributed by atoms with van der Waals surface area (Å²) in [5, 5.41) is 15.6. The van der Waals surface area contributed by atoms with Gasteiger partial charge in [-0.3, -0.25) is 19.6 Å². The monoisotopic (exact) mass is 249 g/mol. The third-order valence-corrected chi connectivity index (χ3v) is 2.45. The van der Waals surface area contributed by atoms with Gasteiger partial charge in [0, 0.05) is 24.4 Å². The Morgan fingerprint density at radius 2 is 2.33 bits per heavy atom. The molecule has 0 radical (unpaired) electrons. The summed E-state index contributed by atoms with van der Waals surface area (Å²) < 4.78 is 6.38. The first-order chi connectivity index (χ1) is 8.58. The van der Waals surface area contributed by atoms with E-state index in [2.05, 4.69) is 5.10 Å². The topological polar surface area (TPSA) is 87.3 Å². The Morgan fingerprint density at radius 1 is 1.56 bits per heavy atom. The first-order valence-corrected chi connectivity index (χ1v) is 5.31. The number of hydrogen-bond donors (Lipinski definition) is 0. The van der Waals surface area contributed by atoms with E-state index >= 15 is 0 Å². The molecule has 0 aliphatic rings. The summed E-state index contributed by atoms with van der Waals surface area (Å²) in [5.74, 6) is -0.363. The van der Waals surface area contributed by atoms with Gasteiger partial charge < -0.3 is 4.74 Å². The molecule has 18 heavy (non-hydrogen) atoms. The van der Waals surface area contributed by atoms with E-state index in [4.69, 9.17) is 4.74 Å². The van der Waals surface area contributed by atoms with E-state index in [1.54, 1.807) is 16.9 Å². The quantitative estimate of drug-likeness (QED) is 0.465. The van der Waals surface area contributed by atoms with Gasteiger partial charge in [-0.15, -0.1) is 0 Å². The van der Waals surface area contributed by atoms with Crippen molar-refractivity contribution in [2.75, 3.05) is 6.61 Å². The zero-order valence-corrected chi connectivity index (χ0v) is 9.70. The maximum atomic E-state index is 10.7. The van der Waals surface area contributed by atoms with Gasteiger partial charge in [0.05, 0.1) is 23.2 Å². The number of nitro groups is 1. The van der Waals surface area contributed by atoms with Crippen molar-refractivity contribution in [2.45, 2.75) is 13.5 Å². The number of nitro benzene ring substituents is 1. The molecule has 0 spiro atoms. The van der Waals surface area contributed by atoms with E-state index in [0.717, 1.165) is 5.39 Å². The van der Waals surface area contributed by atoms with Crippen LogP contribution in [0.25, 0.3) is 10.9 Å². The summed E-state index contributed by atoms with van der Waals surface area (Å²) in [6.07, 6.45) is 1.62. The molecule has 0 aliphatic heterocycles. The van der Waals surface area contributed by atoms with Crippen LogP contribution in [0.1, 0.15) is 6.92 Å². The number of carbonyl (C=O) groups is 1. The lowest BCUT2D eigenvalue weighted by molar-refractivity contribution is -0.384. The predicted octanol–water partition coefficient (Wildman–Crippen LogP) is 1.51. The number of ether oxygens (including phenoxy) is 1. The van der Waals surface area contributed by atoms with Gasteiger partial charge in [0.25, 0.3) is 5.69 Å². The molecule has 0 amide bonds. The number of carbonyl (C=O) groups excluding carboxylic acids is 1. The number of aromatic nitrogens is 2. The summed E-state index contributed by atoms with van der Waals surface area (Å²) in [4.78, 5) is 20.9. The molecule has 0 aliphatic carbocycles. The lowest BCUT2D eigenvalue weighted by Gasteiger charge is -2.03. The molecule has 0 fully saturated rings. The van der Waals surface area contributed by atoms with Crippen LogP contribution in [0.2, 0.25) is 0 Å². The fourth-order valence-corrected chi connectivity index (χ4v) is 1.63. The Hall–Kier alpha value is -2.44. The summed E-state index contributed by atoms with van der Waals surface area (Å²) in [6, 6.07) is 4.53. The number of hydrogen-bond acceptors (Lipinski definition) is 5. The highest BCUT2D eigenvalue weighted by Gasteiger charge is 2.10. The Bertz CT molecular complexity index is 605. The minimum absolute atomic E-state index is 0.0109. The number of fused-ring (bicyclic) bond motifs is 1. The van der Waals surface area contributed by atoms with Crippen molar-refractivity contribution in [1.29, 1.82) is 0 Å². The van der Waals surface area contributed by atoms with Crippen LogP contribution in [0.3, 0.4) is 0 Å².